The lowest BCUT2D eigenvalue weighted by Gasteiger charge is -2.43. The average molecular weight is 240 g/mol. The quantitative estimate of drug-likeness (QED) is 0.821. The van der Waals surface area contributed by atoms with Gasteiger partial charge in [0.25, 0.3) is 0 Å². The number of carbonyl (C=O) groups is 1. The lowest BCUT2D eigenvalue weighted by Crippen LogP contribution is -2.55. The van der Waals surface area contributed by atoms with E-state index in [-0.39, 0.29) is 5.91 Å². The van der Waals surface area contributed by atoms with Crippen LogP contribution >= 0.6 is 0 Å². The van der Waals surface area contributed by atoms with E-state index in [1.165, 1.54) is 12.8 Å². The van der Waals surface area contributed by atoms with Crippen molar-refractivity contribution in [2.45, 2.75) is 65.3 Å². The van der Waals surface area contributed by atoms with Crippen molar-refractivity contribution in [3.05, 3.63) is 0 Å². The first kappa shape index (κ1) is 14.5. The summed E-state index contributed by atoms with van der Waals surface area (Å²) in [5, 5.41) is 0. The van der Waals surface area contributed by atoms with Gasteiger partial charge in [-0.15, -0.1) is 0 Å². The molecule has 1 fully saturated rings. The minimum atomic E-state index is -0.682. The molecule has 2 N–H and O–H groups in total. The van der Waals surface area contributed by atoms with E-state index in [4.69, 9.17) is 5.73 Å². The first-order valence-electron chi connectivity index (χ1n) is 6.99. The van der Waals surface area contributed by atoms with Crippen molar-refractivity contribution in [1.82, 2.24) is 4.90 Å². The third kappa shape index (κ3) is 3.01. The molecule has 1 amide bonds. The first-order chi connectivity index (χ1) is 7.90. The summed E-state index contributed by atoms with van der Waals surface area (Å²) in [7, 11) is 0. The highest BCUT2D eigenvalue weighted by atomic mass is 16.2. The van der Waals surface area contributed by atoms with E-state index in [2.05, 4.69) is 13.8 Å². The Hall–Kier alpha value is -0.570. The number of rotatable bonds is 4. The van der Waals surface area contributed by atoms with Gasteiger partial charge in [0.05, 0.1) is 5.54 Å². The molecule has 3 nitrogen and oxygen atoms in total. The van der Waals surface area contributed by atoms with Gasteiger partial charge in [0.2, 0.25) is 5.91 Å². The molecule has 100 valence electrons. The predicted octanol–water partition coefficient (Wildman–Crippen LogP) is 2.54. The fraction of sp³-hybridized carbons (Fsp3) is 0.929. The van der Waals surface area contributed by atoms with E-state index in [9.17, 15) is 4.79 Å². The Bertz CT molecular complexity index is 259. The molecule has 0 radical (unpaired) electrons. The standard InChI is InChI=1S/C14H28N2O/c1-5-13(4,15)12(17)16-10-8-14(6-2,7-3)9-11-16/h5-11,15H2,1-4H3. The van der Waals surface area contributed by atoms with Crippen molar-refractivity contribution in [1.29, 1.82) is 0 Å². The number of nitrogens with two attached hydrogens (primary N) is 1. The summed E-state index contributed by atoms with van der Waals surface area (Å²) >= 11 is 0. The summed E-state index contributed by atoms with van der Waals surface area (Å²) in [6.07, 6.45) is 5.41. The zero-order chi connectivity index (χ0) is 13.1. The van der Waals surface area contributed by atoms with Crippen molar-refractivity contribution in [2.75, 3.05) is 13.1 Å². The fourth-order valence-electron chi connectivity index (χ4n) is 2.65. The monoisotopic (exact) mass is 240 g/mol. The largest absolute Gasteiger partial charge is 0.341 e. The Morgan fingerprint density at radius 1 is 1.24 bits per heavy atom. The predicted molar refractivity (Wildman–Crippen MR) is 71.7 cm³/mol. The summed E-state index contributed by atoms with van der Waals surface area (Å²) in [5.41, 5.74) is 5.82. The molecule has 1 aliphatic rings. The Morgan fingerprint density at radius 2 is 1.71 bits per heavy atom. The van der Waals surface area contributed by atoms with Crippen LogP contribution in [0, 0.1) is 5.41 Å². The van der Waals surface area contributed by atoms with Crippen LogP contribution in [0.15, 0.2) is 0 Å². The van der Waals surface area contributed by atoms with Crippen LogP contribution in [0.2, 0.25) is 0 Å². The van der Waals surface area contributed by atoms with E-state index in [1.54, 1.807) is 0 Å². The van der Waals surface area contributed by atoms with Gasteiger partial charge in [-0.2, -0.15) is 0 Å². The average Bonchev–Trinajstić information content (AvgIpc) is 2.38. The zero-order valence-electron chi connectivity index (χ0n) is 11.9. The molecule has 1 atom stereocenters. The van der Waals surface area contributed by atoms with Crippen molar-refractivity contribution >= 4 is 5.91 Å². The number of hydrogen-bond acceptors (Lipinski definition) is 2. The number of hydrogen-bond donors (Lipinski definition) is 1. The molecule has 1 aliphatic heterocycles. The molecular formula is C14H28N2O. The van der Waals surface area contributed by atoms with Crippen LogP contribution in [0.3, 0.4) is 0 Å². The molecule has 1 saturated heterocycles. The highest BCUT2D eigenvalue weighted by Crippen LogP contribution is 2.38. The molecule has 0 aromatic heterocycles. The van der Waals surface area contributed by atoms with Gasteiger partial charge < -0.3 is 10.6 Å². The van der Waals surface area contributed by atoms with Gasteiger partial charge in [-0.1, -0.05) is 33.6 Å². The number of likely N-dealkylation sites (tertiary alicyclic amines) is 1. The molecule has 3 heteroatoms. The maximum absolute atomic E-state index is 12.2. The summed E-state index contributed by atoms with van der Waals surface area (Å²) < 4.78 is 0. The second-order valence-electron chi connectivity index (χ2n) is 5.77. The van der Waals surface area contributed by atoms with E-state index < -0.39 is 5.54 Å². The summed E-state index contributed by atoms with van der Waals surface area (Å²) in [5.74, 6) is 0.126. The Kier molecular flexibility index (Phi) is 4.59. The van der Waals surface area contributed by atoms with E-state index in [0.717, 1.165) is 25.9 Å². The fourth-order valence-corrected chi connectivity index (χ4v) is 2.65. The maximum atomic E-state index is 12.2. The van der Waals surface area contributed by atoms with Gasteiger partial charge >= 0.3 is 0 Å². The van der Waals surface area contributed by atoms with Gasteiger partial charge in [-0.3, -0.25) is 4.79 Å². The molecule has 0 spiro atoms. The number of nitrogens with zero attached hydrogens (tertiary/aromatic N) is 1. The molecule has 0 aromatic rings. The first-order valence-corrected chi connectivity index (χ1v) is 6.99. The van der Waals surface area contributed by atoms with Crippen molar-refractivity contribution < 1.29 is 4.79 Å². The highest BCUT2D eigenvalue weighted by molar-refractivity contribution is 5.85. The number of amides is 1. The molecule has 1 unspecified atom stereocenters. The van der Waals surface area contributed by atoms with Crippen LogP contribution in [0.1, 0.15) is 59.8 Å². The van der Waals surface area contributed by atoms with Gasteiger partial charge in [0.15, 0.2) is 0 Å². The molecule has 0 bridgehead atoms. The molecule has 1 rings (SSSR count). The van der Waals surface area contributed by atoms with Crippen LogP contribution in [0.25, 0.3) is 0 Å². The minimum Gasteiger partial charge on any atom is -0.341 e. The number of carbonyl (C=O) groups excluding carboxylic acids is 1. The van der Waals surface area contributed by atoms with Crippen LogP contribution in [0.4, 0.5) is 0 Å². The lowest BCUT2D eigenvalue weighted by atomic mass is 9.74. The maximum Gasteiger partial charge on any atom is 0.242 e. The van der Waals surface area contributed by atoms with Gasteiger partial charge in [-0.25, -0.2) is 0 Å². The van der Waals surface area contributed by atoms with Crippen molar-refractivity contribution in [3.63, 3.8) is 0 Å². The third-order valence-electron chi connectivity index (χ3n) is 4.83. The Labute approximate surface area is 106 Å². The molecule has 0 aliphatic carbocycles. The second kappa shape index (κ2) is 5.38. The van der Waals surface area contributed by atoms with Crippen LogP contribution in [-0.2, 0) is 4.79 Å². The third-order valence-corrected chi connectivity index (χ3v) is 4.83. The zero-order valence-corrected chi connectivity index (χ0v) is 11.9. The van der Waals surface area contributed by atoms with Crippen LogP contribution in [0.5, 0.6) is 0 Å². The van der Waals surface area contributed by atoms with E-state index >= 15 is 0 Å². The summed E-state index contributed by atoms with van der Waals surface area (Å²) in [4.78, 5) is 14.2. The molecular weight excluding hydrogens is 212 g/mol. The Morgan fingerprint density at radius 3 is 2.06 bits per heavy atom. The second-order valence-corrected chi connectivity index (χ2v) is 5.77. The topological polar surface area (TPSA) is 46.3 Å². The van der Waals surface area contributed by atoms with Gasteiger partial charge in [0, 0.05) is 13.1 Å². The summed E-state index contributed by atoms with van der Waals surface area (Å²) in [6, 6.07) is 0. The normalized spacial score (nSPS) is 23.2. The molecule has 1 heterocycles. The highest BCUT2D eigenvalue weighted by Gasteiger charge is 2.37. The van der Waals surface area contributed by atoms with Crippen molar-refractivity contribution in [2.24, 2.45) is 11.1 Å². The SMILES string of the molecule is CCC1(CC)CCN(C(=O)C(C)(N)CC)CC1. The molecule has 0 aromatic carbocycles. The van der Waals surface area contributed by atoms with Crippen LogP contribution < -0.4 is 5.73 Å². The smallest absolute Gasteiger partial charge is 0.242 e. The van der Waals surface area contributed by atoms with E-state index in [1.807, 2.05) is 18.7 Å². The Balaban J connectivity index is 2.61. The van der Waals surface area contributed by atoms with Crippen LogP contribution in [-0.4, -0.2) is 29.4 Å². The number of piperidine rings is 1. The lowest BCUT2D eigenvalue weighted by molar-refractivity contribution is -0.139. The molecule has 0 saturated carbocycles. The van der Waals surface area contributed by atoms with Crippen molar-refractivity contribution in [3.8, 4) is 0 Å². The van der Waals surface area contributed by atoms with Gasteiger partial charge in [0.1, 0.15) is 0 Å². The van der Waals surface area contributed by atoms with Gasteiger partial charge in [-0.05, 0) is 31.6 Å². The summed E-state index contributed by atoms with van der Waals surface area (Å²) in [6.45, 7) is 10.1. The minimum absolute atomic E-state index is 0.126. The molecule has 17 heavy (non-hydrogen) atoms. The van der Waals surface area contributed by atoms with E-state index in [0.29, 0.717) is 11.8 Å².